The zero-order valence-electron chi connectivity index (χ0n) is 12.1. The van der Waals surface area contributed by atoms with E-state index in [0.717, 1.165) is 30.1 Å². The smallest absolute Gasteiger partial charge is 0.138 e. The van der Waals surface area contributed by atoms with Crippen molar-refractivity contribution in [2.45, 2.75) is 39.3 Å². The lowest BCUT2D eigenvalue weighted by molar-refractivity contribution is 0.339. The molecule has 0 saturated heterocycles. The van der Waals surface area contributed by atoms with Gasteiger partial charge in [-0.05, 0) is 31.0 Å². The van der Waals surface area contributed by atoms with E-state index in [4.69, 9.17) is 10.5 Å². The maximum absolute atomic E-state index is 6.28. The van der Waals surface area contributed by atoms with Crippen molar-refractivity contribution in [2.24, 2.45) is 5.73 Å². The summed E-state index contributed by atoms with van der Waals surface area (Å²) in [7, 11) is 0. The summed E-state index contributed by atoms with van der Waals surface area (Å²) in [6.07, 6.45) is 3.30. The number of aryl methyl sites for hydroxylation is 1. The van der Waals surface area contributed by atoms with Gasteiger partial charge >= 0.3 is 0 Å². The van der Waals surface area contributed by atoms with Crippen molar-refractivity contribution in [1.82, 2.24) is 14.8 Å². The molecule has 0 aliphatic carbocycles. The van der Waals surface area contributed by atoms with Crippen LogP contribution in [-0.4, -0.2) is 21.4 Å². The Morgan fingerprint density at radius 1 is 1.35 bits per heavy atom. The fourth-order valence-electron chi connectivity index (χ4n) is 2.16. The third-order valence-corrected chi connectivity index (χ3v) is 3.13. The van der Waals surface area contributed by atoms with Crippen LogP contribution in [0.4, 0.5) is 0 Å². The summed E-state index contributed by atoms with van der Waals surface area (Å²) < 4.78 is 7.43. The van der Waals surface area contributed by atoms with Crippen LogP contribution in [0.15, 0.2) is 30.6 Å². The Morgan fingerprint density at radius 3 is 2.95 bits per heavy atom. The highest BCUT2D eigenvalue weighted by Crippen LogP contribution is 2.20. The van der Waals surface area contributed by atoms with Crippen LogP contribution >= 0.6 is 0 Å². The van der Waals surface area contributed by atoms with Crippen LogP contribution in [0.25, 0.3) is 0 Å². The number of nitrogens with two attached hydrogens (primary N) is 1. The van der Waals surface area contributed by atoms with Gasteiger partial charge in [-0.15, -0.1) is 0 Å². The van der Waals surface area contributed by atoms with Gasteiger partial charge in [0, 0.05) is 19.0 Å². The normalized spacial score (nSPS) is 12.3. The van der Waals surface area contributed by atoms with E-state index in [1.54, 1.807) is 6.33 Å². The first-order chi connectivity index (χ1) is 9.74. The van der Waals surface area contributed by atoms with Gasteiger partial charge in [0.25, 0.3) is 0 Å². The van der Waals surface area contributed by atoms with Crippen LogP contribution < -0.4 is 10.5 Å². The van der Waals surface area contributed by atoms with E-state index in [1.807, 2.05) is 35.9 Å². The molecule has 0 aliphatic heterocycles. The number of benzene rings is 1. The second-order valence-electron chi connectivity index (χ2n) is 4.72. The van der Waals surface area contributed by atoms with Gasteiger partial charge in [-0.25, -0.2) is 4.98 Å². The highest BCUT2D eigenvalue weighted by molar-refractivity contribution is 5.30. The van der Waals surface area contributed by atoms with E-state index in [0.29, 0.717) is 13.0 Å². The van der Waals surface area contributed by atoms with Crippen molar-refractivity contribution >= 4 is 0 Å². The van der Waals surface area contributed by atoms with Gasteiger partial charge < -0.3 is 10.5 Å². The lowest BCUT2D eigenvalue weighted by atomic mass is 10.0. The number of ether oxygens (including phenoxy) is 1. The van der Waals surface area contributed by atoms with Gasteiger partial charge in [0.2, 0.25) is 0 Å². The number of aromatic nitrogens is 3. The van der Waals surface area contributed by atoms with Crippen molar-refractivity contribution in [3.8, 4) is 5.75 Å². The molecule has 0 aliphatic rings. The van der Waals surface area contributed by atoms with Gasteiger partial charge in [0.15, 0.2) is 0 Å². The van der Waals surface area contributed by atoms with Gasteiger partial charge in [-0.2, -0.15) is 5.10 Å². The van der Waals surface area contributed by atoms with Crippen molar-refractivity contribution in [2.75, 3.05) is 6.61 Å². The molecule has 1 aromatic heterocycles. The fourth-order valence-corrected chi connectivity index (χ4v) is 2.16. The number of nitrogens with zero attached hydrogens (tertiary/aromatic N) is 3. The zero-order chi connectivity index (χ0) is 14.4. The first-order valence-electron chi connectivity index (χ1n) is 7.09. The van der Waals surface area contributed by atoms with Crippen LogP contribution in [0.3, 0.4) is 0 Å². The predicted molar refractivity (Wildman–Crippen MR) is 78.6 cm³/mol. The minimum absolute atomic E-state index is 0.102. The predicted octanol–water partition coefficient (Wildman–Crippen LogP) is 2.33. The van der Waals surface area contributed by atoms with E-state index >= 15 is 0 Å². The first kappa shape index (κ1) is 14.5. The van der Waals surface area contributed by atoms with E-state index in [-0.39, 0.29) is 6.04 Å². The summed E-state index contributed by atoms with van der Waals surface area (Å²) >= 11 is 0. The average Bonchev–Trinajstić information content (AvgIpc) is 2.87. The van der Waals surface area contributed by atoms with Crippen molar-refractivity contribution < 1.29 is 4.74 Å². The molecule has 1 atom stereocenters. The summed E-state index contributed by atoms with van der Waals surface area (Å²) in [6.45, 7) is 5.63. The fraction of sp³-hybridized carbons (Fsp3) is 0.467. The van der Waals surface area contributed by atoms with Crippen LogP contribution in [-0.2, 0) is 13.0 Å². The summed E-state index contributed by atoms with van der Waals surface area (Å²) in [5.41, 5.74) is 7.34. The van der Waals surface area contributed by atoms with E-state index in [1.165, 1.54) is 0 Å². The lowest BCUT2D eigenvalue weighted by Crippen LogP contribution is -2.17. The Hall–Kier alpha value is -1.88. The molecule has 2 aromatic rings. The van der Waals surface area contributed by atoms with Crippen molar-refractivity contribution in [1.29, 1.82) is 0 Å². The number of hydrogen-bond acceptors (Lipinski definition) is 4. The standard InChI is InChI=1S/C15H22N4O/c1-3-8-19-15(17-11-18-19)10-14(16)12-6-5-7-13(9-12)20-4-2/h5-7,9,11,14H,3-4,8,10,16H2,1-2H3. The van der Waals surface area contributed by atoms with Gasteiger partial charge in [0.05, 0.1) is 6.61 Å². The molecule has 1 heterocycles. The van der Waals surface area contributed by atoms with Crippen LogP contribution in [0.5, 0.6) is 5.75 Å². The second-order valence-corrected chi connectivity index (χ2v) is 4.72. The molecule has 20 heavy (non-hydrogen) atoms. The lowest BCUT2D eigenvalue weighted by Gasteiger charge is -2.13. The monoisotopic (exact) mass is 274 g/mol. The molecule has 2 rings (SSSR count). The van der Waals surface area contributed by atoms with Crippen LogP contribution in [0, 0.1) is 0 Å². The summed E-state index contributed by atoms with van der Waals surface area (Å²) in [5.74, 6) is 1.79. The molecule has 108 valence electrons. The van der Waals surface area contributed by atoms with Gasteiger partial charge in [-0.3, -0.25) is 4.68 Å². The molecular formula is C15H22N4O. The molecule has 5 heteroatoms. The Bertz CT molecular complexity index is 538. The topological polar surface area (TPSA) is 66.0 Å². The molecule has 0 radical (unpaired) electrons. The van der Waals surface area contributed by atoms with E-state index in [2.05, 4.69) is 17.0 Å². The zero-order valence-corrected chi connectivity index (χ0v) is 12.1. The Kier molecular flexibility index (Phi) is 5.12. The van der Waals surface area contributed by atoms with Gasteiger partial charge in [0.1, 0.15) is 17.9 Å². The van der Waals surface area contributed by atoms with Crippen LogP contribution in [0.2, 0.25) is 0 Å². The van der Waals surface area contributed by atoms with Crippen LogP contribution in [0.1, 0.15) is 37.7 Å². The number of rotatable bonds is 7. The van der Waals surface area contributed by atoms with Crippen molar-refractivity contribution in [3.63, 3.8) is 0 Å². The molecule has 0 saturated carbocycles. The maximum Gasteiger partial charge on any atom is 0.138 e. The Labute approximate surface area is 119 Å². The third-order valence-electron chi connectivity index (χ3n) is 3.13. The molecule has 0 amide bonds. The number of hydrogen-bond donors (Lipinski definition) is 1. The Morgan fingerprint density at radius 2 is 2.20 bits per heavy atom. The average molecular weight is 274 g/mol. The third kappa shape index (κ3) is 3.57. The van der Waals surface area contributed by atoms with Gasteiger partial charge in [-0.1, -0.05) is 19.1 Å². The summed E-state index contributed by atoms with van der Waals surface area (Å²) in [6, 6.07) is 7.83. The molecular weight excluding hydrogens is 252 g/mol. The SMILES string of the molecule is CCCn1ncnc1CC(N)c1cccc(OCC)c1. The van der Waals surface area contributed by atoms with E-state index in [9.17, 15) is 0 Å². The summed E-state index contributed by atoms with van der Waals surface area (Å²) in [5, 5.41) is 4.22. The quantitative estimate of drug-likeness (QED) is 0.841. The molecule has 0 fully saturated rings. The molecule has 5 nitrogen and oxygen atoms in total. The van der Waals surface area contributed by atoms with Crippen molar-refractivity contribution in [3.05, 3.63) is 42.0 Å². The molecule has 1 unspecified atom stereocenters. The minimum Gasteiger partial charge on any atom is -0.494 e. The molecule has 0 bridgehead atoms. The highest BCUT2D eigenvalue weighted by Gasteiger charge is 2.12. The Balaban J connectivity index is 2.09. The van der Waals surface area contributed by atoms with E-state index < -0.39 is 0 Å². The summed E-state index contributed by atoms with van der Waals surface area (Å²) in [4.78, 5) is 4.30. The highest BCUT2D eigenvalue weighted by atomic mass is 16.5. The minimum atomic E-state index is -0.102. The first-order valence-corrected chi connectivity index (χ1v) is 7.09. The largest absolute Gasteiger partial charge is 0.494 e. The second kappa shape index (κ2) is 7.05. The molecule has 2 N–H and O–H groups in total. The maximum atomic E-state index is 6.28. The molecule has 0 spiro atoms. The molecule has 1 aromatic carbocycles.